The van der Waals surface area contributed by atoms with Gasteiger partial charge in [-0.15, -0.1) is 0 Å². The maximum absolute atomic E-state index is 12.0. The monoisotopic (exact) mass is 293 g/mol. The molecule has 2 rings (SSSR count). The fourth-order valence-electron chi connectivity index (χ4n) is 3.37. The van der Waals surface area contributed by atoms with Crippen molar-refractivity contribution in [3.05, 3.63) is 30.3 Å². The molecule has 1 aliphatic heterocycles. The van der Waals surface area contributed by atoms with Gasteiger partial charge in [0, 0.05) is 6.42 Å². The van der Waals surface area contributed by atoms with Crippen molar-refractivity contribution < 1.29 is 19.1 Å². The molecule has 0 radical (unpaired) electrons. The lowest BCUT2D eigenvalue weighted by Gasteiger charge is -2.44. The van der Waals surface area contributed by atoms with Crippen molar-refractivity contribution in [2.24, 2.45) is 5.73 Å². The summed E-state index contributed by atoms with van der Waals surface area (Å²) in [5, 5.41) is 9.85. The highest BCUT2D eigenvalue weighted by atomic mass is 16.5. The normalized spacial score (nSPS) is 29.3. The van der Waals surface area contributed by atoms with Crippen LogP contribution in [0.2, 0.25) is 0 Å². The number of hydrogen-bond donors (Lipinski definition) is 2. The SMILES string of the molecule is CC(C)(C)[N+]1(C(=O)O)CC(N)C[C@@H]1COc1ccccc1. The fraction of sp³-hybridized carbons (Fsp3) is 0.562. The summed E-state index contributed by atoms with van der Waals surface area (Å²) in [6.07, 6.45) is -0.159. The Bertz CT molecular complexity index is 498. The van der Waals surface area contributed by atoms with Crippen LogP contribution in [0.15, 0.2) is 30.3 Å². The number of benzene rings is 1. The van der Waals surface area contributed by atoms with E-state index >= 15 is 0 Å². The third-order valence-corrected chi connectivity index (χ3v) is 4.44. The Morgan fingerprint density at radius 1 is 1.38 bits per heavy atom. The zero-order valence-electron chi connectivity index (χ0n) is 13.0. The summed E-state index contributed by atoms with van der Waals surface area (Å²) in [5.41, 5.74) is 5.64. The first-order valence-corrected chi connectivity index (χ1v) is 7.32. The lowest BCUT2D eigenvalue weighted by molar-refractivity contribution is -0.914. The van der Waals surface area contributed by atoms with Crippen molar-refractivity contribution in [2.45, 2.75) is 44.8 Å². The molecule has 5 nitrogen and oxygen atoms in total. The Kier molecular flexibility index (Phi) is 4.25. The molecule has 0 bridgehead atoms. The van der Waals surface area contributed by atoms with E-state index in [0.717, 1.165) is 5.75 Å². The molecule has 3 atom stereocenters. The molecule has 2 unspecified atom stereocenters. The van der Waals surface area contributed by atoms with Crippen LogP contribution in [0.25, 0.3) is 0 Å². The van der Waals surface area contributed by atoms with E-state index in [4.69, 9.17) is 10.5 Å². The smallest absolute Gasteiger partial charge is 0.487 e. The number of quaternary nitrogens is 1. The zero-order chi connectivity index (χ0) is 15.7. The van der Waals surface area contributed by atoms with Gasteiger partial charge in [-0.2, -0.15) is 4.79 Å². The van der Waals surface area contributed by atoms with Crippen LogP contribution >= 0.6 is 0 Å². The first-order valence-electron chi connectivity index (χ1n) is 7.32. The van der Waals surface area contributed by atoms with Gasteiger partial charge in [0.15, 0.2) is 0 Å². The van der Waals surface area contributed by atoms with Gasteiger partial charge in [-0.05, 0) is 32.9 Å². The van der Waals surface area contributed by atoms with E-state index in [9.17, 15) is 9.90 Å². The van der Waals surface area contributed by atoms with E-state index in [1.807, 2.05) is 51.1 Å². The van der Waals surface area contributed by atoms with E-state index < -0.39 is 11.6 Å². The average Bonchev–Trinajstić information content (AvgIpc) is 2.75. The number of rotatable bonds is 3. The second-order valence-corrected chi connectivity index (χ2v) is 6.78. The number of nitrogens with two attached hydrogens (primary N) is 1. The summed E-state index contributed by atoms with van der Waals surface area (Å²) in [7, 11) is 0. The maximum Gasteiger partial charge on any atom is 0.514 e. The third-order valence-electron chi connectivity index (χ3n) is 4.44. The van der Waals surface area contributed by atoms with Crippen molar-refractivity contribution >= 4 is 6.09 Å². The highest BCUT2D eigenvalue weighted by Crippen LogP contribution is 2.36. The van der Waals surface area contributed by atoms with Gasteiger partial charge in [0.05, 0.1) is 6.04 Å². The van der Waals surface area contributed by atoms with Crippen LogP contribution in [0.5, 0.6) is 5.75 Å². The van der Waals surface area contributed by atoms with E-state index in [-0.39, 0.29) is 16.6 Å². The first kappa shape index (κ1) is 15.8. The van der Waals surface area contributed by atoms with Crippen LogP contribution in [0.4, 0.5) is 4.79 Å². The molecule has 1 aromatic rings. The van der Waals surface area contributed by atoms with Gasteiger partial charge in [-0.3, -0.25) is 0 Å². The molecule has 0 saturated carbocycles. The van der Waals surface area contributed by atoms with Gasteiger partial charge in [0.25, 0.3) is 0 Å². The van der Waals surface area contributed by atoms with E-state index in [2.05, 4.69) is 0 Å². The molecule has 0 aliphatic carbocycles. The average molecular weight is 293 g/mol. The minimum atomic E-state index is -0.822. The van der Waals surface area contributed by atoms with Gasteiger partial charge < -0.3 is 15.6 Å². The summed E-state index contributed by atoms with van der Waals surface area (Å²) in [4.78, 5) is 12.0. The maximum atomic E-state index is 12.0. The summed E-state index contributed by atoms with van der Waals surface area (Å²) in [6.45, 7) is 6.67. The third kappa shape index (κ3) is 2.89. The molecule has 1 aliphatic rings. The number of amides is 1. The largest absolute Gasteiger partial charge is 0.514 e. The predicted octanol–water partition coefficient (Wildman–Crippen LogP) is 2.46. The molecule has 116 valence electrons. The van der Waals surface area contributed by atoms with Crippen molar-refractivity contribution in [1.29, 1.82) is 0 Å². The lowest BCUT2D eigenvalue weighted by atomic mass is 10.00. The van der Waals surface area contributed by atoms with E-state index in [0.29, 0.717) is 19.6 Å². The second-order valence-electron chi connectivity index (χ2n) is 6.78. The van der Waals surface area contributed by atoms with Gasteiger partial charge in [0.1, 0.15) is 30.5 Å². The second kappa shape index (κ2) is 5.66. The Morgan fingerprint density at radius 3 is 2.52 bits per heavy atom. The minimum absolute atomic E-state index is 0.0407. The molecular formula is C16H25N2O3+. The quantitative estimate of drug-likeness (QED) is 0.840. The number of ether oxygens (including phenoxy) is 1. The first-order chi connectivity index (χ1) is 9.77. The van der Waals surface area contributed by atoms with Crippen LogP contribution < -0.4 is 10.5 Å². The molecule has 5 heteroatoms. The number of carboxylic acid groups (broad SMARTS) is 1. The van der Waals surface area contributed by atoms with Crippen molar-refractivity contribution in [3.63, 3.8) is 0 Å². The van der Waals surface area contributed by atoms with Gasteiger partial charge in [0.2, 0.25) is 0 Å². The Labute approximate surface area is 125 Å². The highest BCUT2D eigenvalue weighted by Gasteiger charge is 2.59. The van der Waals surface area contributed by atoms with E-state index in [1.54, 1.807) is 0 Å². The van der Waals surface area contributed by atoms with Gasteiger partial charge in [-0.25, -0.2) is 4.48 Å². The molecule has 1 fully saturated rings. The topological polar surface area (TPSA) is 72.5 Å². The lowest BCUT2D eigenvalue weighted by Crippen LogP contribution is -2.67. The predicted molar refractivity (Wildman–Crippen MR) is 81.2 cm³/mol. The summed E-state index contributed by atoms with van der Waals surface area (Å²) < 4.78 is 5.76. The van der Waals surface area contributed by atoms with Crippen LogP contribution in [-0.2, 0) is 0 Å². The Hall–Kier alpha value is -1.59. The molecule has 0 aromatic heterocycles. The highest BCUT2D eigenvalue weighted by molar-refractivity contribution is 5.58. The Morgan fingerprint density at radius 2 is 2.00 bits per heavy atom. The van der Waals surface area contributed by atoms with Crippen LogP contribution in [0.1, 0.15) is 27.2 Å². The van der Waals surface area contributed by atoms with Crippen LogP contribution in [0, 0.1) is 0 Å². The summed E-state index contributed by atoms with van der Waals surface area (Å²) in [6, 6.07) is 9.23. The standard InChI is InChI=1S/C16H24N2O3/c1-16(2,3)18(15(19)20)10-12(17)9-13(18)11-21-14-7-5-4-6-8-14/h4-8,12-13H,9-11,17H2,1-3H3/p+1/t12?,13-,18?/m1/s1. The number of para-hydroxylation sites is 1. The summed E-state index contributed by atoms with van der Waals surface area (Å²) in [5.74, 6) is 0.760. The summed E-state index contributed by atoms with van der Waals surface area (Å²) >= 11 is 0. The number of likely N-dealkylation sites (tertiary alicyclic amines) is 1. The molecular weight excluding hydrogens is 268 g/mol. The minimum Gasteiger partial charge on any atom is -0.487 e. The van der Waals surface area contributed by atoms with Crippen molar-refractivity contribution in [2.75, 3.05) is 13.2 Å². The Balaban J connectivity index is 2.21. The fourth-order valence-corrected chi connectivity index (χ4v) is 3.37. The van der Waals surface area contributed by atoms with Gasteiger partial charge in [-0.1, -0.05) is 18.2 Å². The van der Waals surface area contributed by atoms with Crippen LogP contribution in [-0.4, -0.2) is 46.5 Å². The molecule has 0 spiro atoms. The van der Waals surface area contributed by atoms with Crippen molar-refractivity contribution in [3.8, 4) is 5.75 Å². The van der Waals surface area contributed by atoms with Crippen LogP contribution in [0.3, 0.4) is 0 Å². The number of hydrogen-bond acceptors (Lipinski definition) is 3. The number of nitrogens with zero attached hydrogens (tertiary/aromatic N) is 1. The number of carbonyl (C=O) groups is 1. The molecule has 1 amide bonds. The van der Waals surface area contributed by atoms with Crippen molar-refractivity contribution in [1.82, 2.24) is 0 Å². The van der Waals surface area contributed by atoms with Gasteiger partial charge >= 0.3 is 6.09 Å². The molecule has 21 heavy (non-hydrogen) atoms. The molecule has 1 saturated heterocycles. The molecule has 1 heterocycles. The van der Waals surface area contributed by atoms with E-state index in [1.165, 1.54) is 0 Å². The zero-order valence-corrected chi connectivity index (χ0v) is 13.0. The molecule has 1 aromatic carbocycles. The molecule has 3 N–H and O–H groups in total.